The molecule has 6 heteroatoms. The van der Waals surface area contributed by atoms with Gasteiger partial charge in [-0.1, -0.05) is 65.8 Å². The first-order valence-corrected chi connectivity index (χ1v) is 17.5. The van der Waals surface area contributed by atoms with Gasteiger partial charge in [0.2, 0.25) is 0 Å². The monoisotopic (exact) mass is 610 g/mol. The number of imide groups is 1. The summed E-state index contributed by atoms with van der Waals surface area (Å²) in [5, 5.41) is 4.24. The zero-order valence-electron chi connectivity index (χ0n) is 28.3. The molecule has 0 bridgehead atoms. The van der Waals surface area contributed by atoms with Gasteiger partial charge >= 0.3 is 0 Å². The second-order valence-corrected chi connectivity index (χ2v) is 18.3. The summed E-state index contributed by atoms with van der Waals surface area (Å²) in [4.78, 5) is 43.8. The molecule has 4 saturated carbocycles. The highest BCUT2D eigenvalue weighted by Gasteiger charge is 2.72. The van der Waals surface area contributed by atoms with E-state index in [1.54, 1.807) is 17.0 Å². The molecule has 45 heavy (non-hydrogen) atoms. The molecule has 5 aliphatic carbocycles. The van der Waals surface area contributed by atoms with Crippen molar-refractivity contribution in [2.24, 2.45) is 50.7 Å². The van der Waals surface area contributed by atoms with E-state index in [1.807, 2.05) is 18.3 Å². The number of benzene rings is 1. The molecule has 1 aromatic heterocycles. The summed E-state index contributed by atoms with van der Waals surface area (Å²) in [6.07, 6.45) is 10.6. The number of fused-ring (bicyclic) bond motifs is 9. The maximum Gasteiger partial charge on any atom is 0.261 e. The van der Waals surface area contributed by atoms with E-state index in [9.17, 15) is 14.4 Å². The topological polar surface area (TPSA) is 80.5 Å². The van der Waals surface area contributed by atoms with Gasteiger partial charge in [0, 0.05) is 29.9 Å². The molecule has 240 valence electrons. The summed E-state index contributed by atoms with van der Waals surface area (Å²) < 4.78 is 5.86. The number of hydrogen-bond acceptors (Lipinski definition) is 5. The fourth-order valence-electron chi connectivity index (χ4n) is 13.1. The third-order valence-corrected chi connectivity index (χ3v) is 15.5. The Bertz CT molecular complexity index is 1600. The summed E-state index contributed by atoms with van der Waals surface area (Å²) in [7, 11) is 0. The van der Waals surface area contributed by atoms with Crippen LogP contribution in [-0.2, 0) is 16.6 Å². The summed E-state index contributed by atoms with van der Waals surface area (Å²) in [6, 6.07) is 7.25. The Morgan fingerprint density at radius 1 is 0.844 bits per heavy atom. The number of carbonyl (C=O) groups is 3. The van der Waals surface area contributed by atoms with Gasteiger partial charge in [0.25, 0.3) is 11.8 Å². The normalized spacial score (nSPS) is 42.6. The maximum absolute atomic E-state index is 15.0. The summed E-state index contributed by atoms with van der Waals surface area (Å²) in [5.74, 6) is 1.98. The highest BCUT2D eigenvalue weighted by atomic mass is 16.5. The minimum atomic E-state index is -0.225. The molecule has 0 saturated heterocycles. The Labute approximate surface area is 268 Å². The van der Waals surface area contributed by atoms with E-state index in [1.165, 1.54) is 5.56 Å². The van der Waals surface area contributed by atoms with E-state index >= 15 is 0 Å². The highest BCUT2D eigenvalue weighted by molar-refractivity contribution is 6.21. The largest absolute Gasteiger partial charge is 0.361 e. The van der Waals surface area contributed by atoms with Crippen molar-refractivity contribution in [1.29, 1.82) is 0 Å². The average Bonchev–Trinajstić information content (AvgIpc) is 3.54. The van der Waals surface area contributed by atoms with Crippen LogP contribution in [-0.4, -0.2) is 34.2 Å². The van der Waals surface area contributed by atoms with Crippen LogP contribution in [0, 0.1) is 50.7 Å². The number of nitrogens with zero attached hydrogens (tertiary/aromatic N) is 2. The van der Waals surface area contributed by atoms with E-state index < -0.39 is 0 Å². The standard InChI is InChI=1S/C39H50N2O4/c1-34(2)14-16-39(22-41-32(43)24-10-8-9-11-25(24)33(41)44)17-15-38(7)30(26(39)20-34)27(42)18-29-36(5)19-23-21-40-45-31(23)35(3,4)28(36)12-13-37(29,38)6/h8-11,21,26,28-30H,12-20,22H2,1-7H3/t26-,28-,29+,30-,36-,37+,38+,39+/m0/s1. The van der Waals surface area contributed by atoms with Crippen molar-refractivity contribution in [1.82, 2.24) is 10.1 Å². The van der Waals surface area contributed by atoms with Gasteiger partial charge < -0.3 is 4.52 Å². The molecule has 6 aliphatic rings. The van der Waals surface area contributed by atoms with Gasteiger partial charge in [-0.3, -0.25) is 19.3 Å². The molecule has 4 fully saturated rings. The molecule has 2 aromatic rings. The number of aromatic nitrogens is 1. The zero-order valence-corrected chi connectivity index (χ0v) is 28.3. The molecule has 6 nitrogen and oxygen atoms in total. The molecule has 1 aromatic carbocycles. The van der Waals surface area contributed by atoms with Crippen LogP contribution in [0.5, 0.6) is 0 Å². The molecule has 1 aliphatic heterocycles. The molecule has 2 amide bonds. The zero-order chi connectivity index (χ0) is 31.9. The second kappa shape index (κ2) is 8.98. The van der Waals surface area contributed by atoms with Crippen molar-refractivity contribution in [2.75, 3.05) is 6.54 Å². The van der Waals surface area contributed by atoms with Gasteiger partial charge in [0.15, 0.2) is 0 Å². The summed E-state index contributed by atoms with van der Waals surface area (Å²) in [5.41, 5.74) is 1.91. The first-order valence-electron chi connectivity index (χ1n) is 17.5. The van der Waals surface area contributed by atoms with Crippen LogP contribution in [0.1, 0.15) is 132 Å². The van der Waals surface area contributed by atoms with Crippen LogP contribution in [0.2, 0.25) is 0 Å². The van der Waals surface area contributed by atoms with Crippen molar-refractivity contribution in [2.45, 2.75) is 112 Å². The first kappa shape index (κ1) is 29.6. The Morgan fingerprint density at radius 2 is 1.51 bits per heavy atom. The lowest BCUT2D eigenvalue weighted by Crippen LogP contribution is -2.69. The number of amides is 2. The fraction of sp³-hybridized carbons (Fsp3) is 0.692. The Balaban J connectivity index is 1.19. The number of carbonyl (C=O) groups excluding carboxylic acids is 3. The number of ketones is 1. The molecule has 0 radical (unpaired) electrons. The predicted molar refractivity (Wildman–Crippen MR) is 171 cm³/mol. The lowest BCUT2D eigenvalue weighted by molar-refractivity contribution is -0.229. The minimum Gasteiger partial charge on any atom is -0.361 e. The Kier molecular flexibility index (Phi) is 5.91. The lowest BCUT2D eigenvalue weighted by atomic mass is 9.31. The van der Waals surface area contributed by atoms with Crippen LogP contribution in [0.3, 0.4) is 0 Å². The molecule has 0 unspecified atom stereocenters. The van der Waals surface area contributed by atoms with E-state index in [-0.39, 0.29) is 56.1 Å². The third-order valence-electron chi connectivity index (χ3n) is 15.5. The van der Waals surface area contributed by atoms with Crippen molar-refractivity contribution in [3.63, 3.8) is 0 Å². The second-order valence-electron chi connectivity index (χ2n) is 18.3. The highest BCUT2D eigenvalue weighted by Crippen LogP contribution is 2.76. The third kappa shape index (κ3) is 3.63. The first-order chi connectivity index (χ1) is 21.1. The minimum absolute atomic E-state index is 0.0147. The van der Waals surface area contributed by atoms with Gasteiger partial charge in [-0.15, -0.1) is 0 Å². The molecular formula is C39H50N2O4. The smallest absolute Gasteiger partial charge is 0.261 e. The predicted octanol–water partition coefficient (Wildman–Crippen LogP) is 8.05. The van der Waals surface area contributed by atoms with Crippen LogP contribution in [0.25, 0.3) is 0 Å². The van der Waals surface area contributed by atoms with Gasteiger partial charge in [-0.05, 0) is 108 Å². The van der Waals surface area contributed by atoms with Crippen molar-refractivity contribution < 1.29 is 18.9 Å². The van der Waals surface area contributed by atoms with Crippen molar-refractivity contribution in [3.05, 3.63) is 52.9 Å². The maximum atomic E-state index is 15.0. The SMILES string of the molecule is CC1(C)CC[C@]2(CN3C(=O)c4ccccc4C3=O)CC[C@]3(C)[C@H](C(=O)C[C@@H]4[C@@]5(C)Cc6cnoc6C(C)(C)[C@@H]5CC[C@]43C)[C@@H]2C1. The van der Waals surface area contributed by atoms with Crippen LogP contribution >= 0.6 is 0 Å². The molecular weight excluding hydrogens is 560 g/mol. The summed E-state index contributed by atoms with van der Waals surface area (Å²) in [6.45, 7) is 17.3. The number of rotatable bonds is 2. The van der Waals surface area contributed by atoms with Crippen molar-refractivity contribution in [3.8, 4) is 0 Å². The average molecular weight is 611 g/mol. The van der Waals surface area contributed by atoms with E-state index in [4.69, 9.17) is 4.52 Å². The Hall–Kier alpha value is -2.76. The van der Waals surface area contributed by atoms with Gasteiger partial charge in [0.05, 0.1) is 17.3 Å². The summed E-state index contributed by atoms with van der Waals surface area (Å²) >= 11 is 0. The number of hydrogen-bond donors (Lipinski definition) is 0. The van der Waals surface area contributed by atoms with E-state index in [0.717, 1.165) is 57.1 Å². The fourth-order valence-corrected chi connectivity index (χ4v) is 13.1. The van der Waals surface area contributed by atoms with E-state index in [0.29, 0.717) is 41.7 Å². The molecule has 8 rings (SSSR count). The van der Waals surface area contributed by atoms with Gasteiger partial charge in [-0.2, -0.15) is 0 Å². The quantitative estimate of drug-likeness (QED) is 0.322. The van der Waals surface area contributed by atoms with Gasteiger partial charge in [0.1, 0.15) is 11.5 Å². The lowest BCUT2D eigenvalue weighted by Gasteiger charge is -2.72. The molecule has 2 heterocycles. The molecule has 0 N–H and O–H groups in total. The number of Topliss-reactive ketones (excluding diaryl/α,β-unsaturated/α-hetero) is 1. The Morgan fingerprint density at radius 3 is 2.20 bits per heavy atom. The van der Waals surface area contributed by atoms with Crippen LogP contribution < -0.4 is 0 Å². The van der Waals surface area contributed by atoms with Crippen molar-refractivity contribution >= 4 is 17.6 Å². The van der Waals surface area contributed by atoms with E-state index in [2.05, 4.69) is 53.6 Å². The van der Waals surface area contributed by atoms with Gasteiger partial charge in [-0.25, -0.2) is 0 Å². The molecule has 8 atom stereocenters. The van der Waals surface area contributed by atoms with Crippen LogP contribution in [0.4, 0.5) is 0 Å². The molecule has 0 spiro atoms. The van der Waals surface area contributed by atoms with Crippen LogP contribution in [0.15, 0.2) is 35.0 Å².